The van der Waals surface area contributed by atoms with Gasteiger partial charge in [0.05, 0.1) is 5.60 Å². The Morgan fingerprint density at radius 2 is 1.84 bits per heavy atom. The number of rotatable bonds is 2. The van der Waals surface area contributed by atoms with Gasteiger partial charge in [-0.3, -0.25) is 0 Å². The van der Waals surface area contributed by atoms with Crippen molar-refractivity contribution < 1.29 is 9.47 Å². The van der Waals surface area contributed by atoms with Gasteiger partial charge in [0.25, 0.3) is 0 Å². The van der Waals surface area contributed by atoms with Crippen LogP contribution in [0.1, 0.15) is 67.2 Å². The molecule has 0 N–H and O–H groups in total. The first-order valence-electron chi connectivity index (χ1n) is 7.55. The van der Waals surface area contributed by atoms with E-state index in [0.717, 1.165) is 19.3 Å². The van der Waals surface area contributed by atoms with Crippen molar-refractivity contribution in [3.05, 3.63) is 12.7 Å². The SMILES string of the molecule is C=CC[C@@]12CC[C@H](C(C)(C)C)C[C@]1(C)OC(C)(C)O2. The van der Waals surface area contributed by atoms with Gasteiger partial charge in [0.15, 0.2) is 5.79 Å². The second-order valence-electron chi connectivity index (χ2n) is 8.13. The minimum Gasteiger partial charge on any atom is -0.341 e. The van der Waals surface area contributed by atoms with Crippen LogP contribution in [0.15, 0.2) is 12.7 Å². The van der Waals surface area contributed by atoms with Gasteiger partial charge in [0.2, 0.25) is 0 Å². The number of fused-ring (bicyclic) bond motifs is 1. The molecule has 0 radical (unpaired) electrons. The summed E-state index contributed by atoms with van der Waals surface area (Å²) >= 11 is 0. The molecule has 2 nitrogen and oxygen atoms in total. The Hall–Kier alpha value is -0.340. The van der Waals surface area contributed by atoms with E-state index in [9.17, 15) is 0 Å². The standard InChI is InChI=1S/C17H30O2/c1-8-10-17-11-9-13(14(2,3)4)12-16(17,7)18-15(5,6)19-17/h8,13H,1,9-12H2,2-7H3/t13-,16-,17+/m0/s1. The first kappa shape index (κ1) is 15.1. The summed E-state index contributed by atoms with van der Waals surface area (Å²) in [5, 5.41) is 0. The molecule has 2 aliphatic rings. The molecule has 1 aliphatic carbocycles. The maximum atomic E-state index is 6.35. The number of hydrogen-bond acceptors (Lipinski definition) is 2. The number of hydrogen-bond donors (Lipinski definition) is 0. The molecule has 2 fully saturated rings. The van der Waals surface area contributed by atoms with Gasteiger partial charge in [-0.2, -0.15) is 0 Å². The molecular formula is C17H30O2. The topological polar surface area (TPSA) is 18.5 Å². The molecular weight excluding hydrogens is 236 g/mol. The van der Waals surface area contributed by atoms with Gasteiger partial charge in [0, 0.05) is 0 Å². The summed E-state index contributed by atoms with van der Waals surface area (Å²) < 4.78 is 12.7. The van der Waals surface area contributed by atoms with Gasteiger partial charge in [-0.15, -0.1) is 6.58 Å². The third kappa shape index (κ3) is 2.50. The van der Waals surface area contributed by atoms with E-state index in [1.54, 1.807) is 0 Å². The normalized spacial score (nSPS) is 41.9. The van der Waals surface area contributed by atoms with Gasteiger partial charge in [-0.05, 0) is 57.8 Å². The zero-order valence-electron chi connectivity index (χ0n) is 13.5. The van der Waals surface area contributed by atoms with Gasteiger partial charge in [0.1, 0.15) is 5.60 Å². The van der Waals surface area contributed by atoms with Gasteiger partial charge >= 0.3 is 0 Å². The first-order valence-corrected chi connectivity index (χ1v) is 7.55. The largest absolute Gasteiger partial charge is 0.341 e. The van der Waals surface area contributed by atoms with Crippen LogP contribution < -0.4 is 0 Å². The lowest BCUT2D eigenvalue weighted by molar-refractivity contribution is -0.168. The molecule has 1 heterocycles. The molecule has 0 spiro atoms. The fourth-order valence-corrected chi connectivity index (χ4v) is 4.09. The van der Waals surface area contributed by atoms with Crippen LogP contribution >= 0.6 is 0 Å². The van der Waals surface area contributed by atoms with Crippen LogP contribution in [0.2, 0.25) is 0 Å². The van der Waals surface area contributed by atoms with Crippen LogP contribution in [0.25, 0.3) is 0 Å². The molecule has 0 aromatic rings. The van der Waals surface area contributed by atoms with Gasteiger partial charge < -0.3 is 9.47 Å². The predicted octanol–water partition coefficient (Wildman–Crippen LogP) is 4.69. The highest BCUT2D eigenvalue weighted by atomic mass is 16.8. The molecule has 0 bridgehead atoms. The molecule has 19 heavy (non-hydrogen) atoms. The zero-order valence-corrected chi connectivity index (χ0v) is 13.5. The summed E-state index contributed by atoms with van der Waals surface area (Å²) in [4.78, 5) is 0. The Kier molecular flexibility index (Phi) is 3.43. The minimum absolute atomic E-state index is 0.181. The van der Waals surface area contributed by atoms with E-state index in [0.29, 0.717) is 11.3 Å². The summed E-state index contributed by atoms with van der Waals surface area (Å²) in [6.45, 7) is 17.2. The van der Waals surface area contributed by atoms with E-state index in [1.807, 2.05) is 19.9 Å². The van der Waals surface area contributed by atoms with Crippen LogP contribution in [0.4, 0.5) is 0 Å². The monoisotopic (exact) mass is 266 g/mol. The second-order valence-corrected chi connectivity index (χ2v) is 8.13. The summed E-state index contributed by atoms with van der Waals surface area (Å²) in [5.74, 6) is 0.206. The van der Waals surface area contributed by atoms with E-state index in [4.69, 9.17) is 9.47 Å². The Balaban J connectivity index is 2.31. The highest BCUT2D eigenvalue weighted by Crippen LogP contribution is 2.57. The highest BCUT2D eigenvalue weighted by Gasteiger charge is 2.63. The van der Waals surface area contributed by atoms with Crippen LogP contribution in [-0.4, -0.2) is 17.0 Å². The molecule has 0 aromatic heterocycles. The van der Waals surface area contributed by atoms with E-state index < -0.39 is 5.79 Å². The lowest BCUT2D eigenvalue weighted by Crippen LogP contribution is -2.55. The van der Waals surface area contributed by atoms with Crippen molar-refractivity contribution in [1.29, 1.82) is 0 Å². The third-order valence-electron chi connectivity index (χ3n) is 5.11. The minimum atomic E-state index is -0.482. The van der Waals surface area contributed by atoms with Crippen molar-refractivity contribution in [3.63, 3.8) is 0 Å². The maximum Gasteiger partial charge on any atom is 0.164 e. The van der Waals surface area contributed by atoms with Crippen LogP contribution in [-0.2, 0) is 9.47 Å². The molecule has 110 valence electrons. The average Bonchev–Trinajstić information content (AvgIpc) is 2.40. The molecule has 1 saturated heterocycles. The smallest absolute Gasteiger partial charge is 0.164 e. The van der Waals surface area contributed by atoms with Crippen LogP contribution in [0.5, 0.6) is 0 Å². The summed E-state index contributed by atoms with van der Waals surface area (Å²) in [6, 6.07) is 0. The van der Waals surface area contributed by atoms with E-state index >= 15 is 0 Å². The van der Waals surface area contributed by atoms with E-state index in [1.165, 1.54) is 6.42 Å². The molecule has 0 unspecified atom stereocenters. The molecule has 1 aliphatic heterocycles. The molecule has 2 rings (SSSR count). The molecule has 0 amide bonds. The summed E-state index contributed by atoms with van der Waals surface area (Å²) in [5.41, 5.74) is -0.0413. The van der Waals surface area contributed by atoms with Gasteiger partial charge in [-0.1, -0.05) is 26.8 Å². The average molecular weight is 266 g/mol. The van der Waals surface area contributed by atoms with Crippen LogP contribution in [0, 0.1) is 11.3 Å². The highest BCUT2D eigenvalue weighted by molar-refractivity contribution is 5.12. The van der Waals surface area contributed by atoms with E-state index in [-0.39, 0.29) is 11.2 Å². The third-order valence-corrected chi connectivity index (χ3v) is 5.11. The van der Waals surface area contributed by atoms with E-state index in [2.05, 4.69) is 34.3 Å². The summed E-state index contributed by atoms with van der Waals surface area (Å²) in [6.07, 6.45) is 6.23. The van der Waals surface area contributed by atoms with Crippen molar-refractivity contribution in [2.75, 3.05) is 0 Å². The van der Waals surface area contributed by atoms with Crippen molar-refractivity contribution in [2.24, 2.45) is 11.3 Å². The quantitative estimate of drug-likeness (QED) is 0.675. The fourth-order valence-electron chi connectivity index (χ4n) is 4.09. The van der Waals surface area contributed by atoms with Crippen molar-refractivity contribution in [2.45, 2.75) is 84.2 Å². The van der Waals surface area contributed by atoms with Crippen molar-refractivity contribution in [3.8, 4) is 0 Å². The first-order chi connectivity index (χ1) is 8.54. The number of ether oxygens (including phenoxy) is 2. The second kappa shape index (κ2) is 4.33. The lowest BCUT2D eigenvalue weighted by atomic mass is 9.61. The molecule has 0 aromatic carbocycles. The predicted molar refractivity (Wildman–Crippen MR) is 79.0 cm³/mol. The van der Waals surface area contributed by atoms with Crippen molar-refractivity contribution in [1.82, 2.24) is 0 Å². The molecule has 1 saturated carbocycles. The Morgan fingerprint density at radius 1 is 1.21 bits per heavy atom. The van der Waals surface area contributed by atoms with Gasteiger partial charge in [-0.25, -0.2) is 0 Å². The summed E-state index contributed by atoms with van der Waals surface area (Å²) in [7, 11) is 0. The Labute approximate surface area is 118 Å². The molecule has 3 atom stereocenters. The maximum absolute atomic E-state index is 6.35. The fraction of sp³-hybridized carbons (Fsp3) is 0.882. The Bertz CT molecular complexity index is 366. The van der Waals surface area contributed by atoms with Crippen LogP contribution in [0.3, 0.4) is 0 Å². The molecule has 2 heteroatoms. The zero-order chi connectivity index (χ0) is 14.5. The Morgan fingerprint density at radius 3 is 2.37 bits per heavy atom. The van der Waals surface area contributed by atoms with Crippen molar-refractivity contribution >= 4 is 0 Å². The lowest BCUT2D eigenvalue weighted by Gasteiger charge is -2.49.